The first-order valence-electron chi connectivity index (χ1n) is 7.21. The molecular formula is C15H16INO7. The van der Waals surface area contributed by atoms with E-state index >= 15 is 0 Å². The molecule has 1 aromatic carbocycles. The second-order valence-electron chi connectivity index (χ2n) is 5.53. The third-order valence-electron chi connectivity index (χ3n) is 3.93. The lowest BCUT2D eigenvalue weighted by molar-refractivity contribution is -0.245. The molecule has 8 nitrogen and oxygen atoms in total. The highest BCUT2D eigenvalue weighted by Gasteiger charge is 2.43. The van der Waals surface area contributed by atoms with Crippen LogP contribution in [0.4, 0.5) is 5.69 Å². The molecule has 9 heteroatoms. The second-order valence-corrected chi connectivity index (χ2v) is 6.70. The average Bonchev–Trinajstić information content (AvgIpc) is 2.56. The Morgan fingerprint density at radius 2 is 1.92 bits per heavy atom. The second kappa shape index (κ2) is 6.94. The van der Waals surface area contributed by atoms with E-state index in [0.717, 1.165) is 5.39 Å². The molecule has 3 rings (SSSR count). The maximum absolute atomic E-state index is 11.6. The molecule has 0 amide bonds. The number of anilines is 1. The van der Waals surface area contributed by atoms with Crippen LogP contribution in [0.1, 0.15) is 0 Å². The van der Waals surface area contributed by atoms with E-state index < -0.39 is 42.9 Å². The van der Waals surface area contributed by atoms with Crippen molar-refractivity contribution in [2.75, 3.05) is 11.9 Å². The Labute approximate surface area is 149 Å². The first kappa shape index (κ1) is 17.6. The molecule has 2 heterocycles. The summed E-state index contributed by atoms with van der Waals surface area (Å²) in [5.41, 5.74) is 0.357. The summed E-state index contributed by atoms with van der Waals surface area (Å²) in [5.74, 6) is 0. The van der Waals surface area contributed by atoms with Crippen molar-refractivity contribution < 1.29 is 29.6 Å². The molecule has 130 valence electrons. The lowest BCUT2D eigenvalue weighted by atomic mass is 9.97. The molecule has 0 spiro atoms. The van der Waals surface area contributed by atoms with Crippen LogP contribution in [0.3, 0.4) is 0 Å². The third kappa shape index (κ3) is 3.27. The molecule has 0 bridgehead atoms. The Hall–Kier alpha value is -1.24. The van der Waals surface area contributed by atoms with Gasteiger partial charge in [-0.1, -0.05) is 0 Å². The van der Waals surface area contributed by atoms with E-state index in [9.17, 15) is 20.1 Å². The minimum absolute atomic E-state index is 0.347. The van der Waals surface area contributed by atoms with Gasteiger partial charge in [-0.15, -0.1) is 0 Å². The fraction of sp³-hybridized carbons (Fsp3) is 0.400. The third-order valence-corrected chi connectivity index (χ3v) is 4.68. The summed E-state index contributed by atoms with van der Waals surface area (Å²) < 4.78 is 10.7. The van der Waals surface area contributed by atoms with Crippen LogP contribution in [0.25, 0.3) is 11.0 Å². The number of nitrogens with one attached hydrogen (secondary N) is 1. The number of benzene rings is 1. The summed E-state index contributed by atoms with van der Waals surface area (Å²) in [6.07, 6.45) is -5.20. The minimum atomic E-state index is -1.43. The van der Waals surface area contributed by atoms with Crippen molar-refractivity contribution in [1.29, 1.82) is 0 Å². The average molecular weight is 449 g/mol. The predicted molar refractivity (Wildman–Crippen MR) is 92.6 cm³/mol. The number of aliphatic hydroxyl groups excluding tert-OH is 4. The van der Waals surface area contributed by atoms with Crippen LogP contribution in [0, 0.1) is 3.57 Å². The SMILES string of the molecule is O=c1oc2cc(NC3[C@H](O)OC(CO)[C@@H](O)[C@@H]3O)ccc2cc1I. The number of rotatable bonds is 3. The smallest absolute Gasteiger partial charge is 0.349 e. The van der Waals surface area contributed by atoms with E-state index in [1.165, 1.54) is 0 Å². The first-order chi connectivity index (χ1) is 11.4. The minimum Gasteiger partial charge on any atom is -0.422 e. The molecule has 5 atom stereocenters. The summed E-state index contributed by atoms with van der Waals surface area (Å²) >= 11 is 1.89. The van der Waals surface area contributed by atoms with E-state index in [4.69, 9.17) is 14.3 Å². The molecule has 1 fully saturated rings. The zero-order valence-electron chi connectivity index (χ0n) is 12.3. The van der Waals surface area contributed by atoms with Gasteiger partial charge in [-0.25, -0.2) is 4.79 Å². The van der Waals surface area contributed by atoms with Gasteiger partial charge in [0, 0.05) is 17.1 Å². The Morgan fingerprint density at radius 1 is 1.17 bits per heavy atom. The Kier molecular flexibility index (Phi) is 5.08. The highest BCUT2D eigenvalue weighted by Crippen LogP contribution is 2.25. The van der Waals surface area contributed by atoms with Crippen molar-refractivity contribution in [3.63, 3.8) is 0 Å². The molecule has 1 aliphatic heterocycles. The van der Waals surface area contributed by atoms with Gasteiger partial charge in [0.05, 0.1) is 10.2 Å². The fourth-order valence-electron chi connectivity index (χ4n) is 2.62. The van der Waals surface area contributed by atoms with Crippen LogP contribution in [-0.4, -0.2) is 57.7 Å². The monoisotopic (exact) mass is 449 g/mol. The number of fused-ring (bicyclic) bond motifs is 1. The van der Waals surface area contributed by atoms with Gasteiger partial charge in [0.1, 0.15) is 29.9 Å². The molecule has 1 aromatic heterocycles. The summed E-state index contributed by atoms with van der Waals surface area (Å²) in [6.45, 7) is -0.526. The van der Waals surface area contributed by atoms with Gasteiger partial charge in [-0.05, 0) is 40.8 Å². The summed E-state index contributed by atoms with van der Waals surface area (Å²) in [6, 6.07) is 5.63. The van der Waals surface area contributed by atoms with Crippen LogP contribution in [0.2, 0.25) is 0 Å². The highest BCUT2D eigenvalue weighted by molar-refractivity contribution is 14.1. The van der Waals surface area contributed by atoms with E-state index in [1.807, 2.05) is 22.6 Å². The number of hydrogen-bond acceptors (Lipinski definition) is 8. The molecule has 1 saturated heterocycles. The summed E-state index contributed by atoms with van der Waals surface area (Å²) in [5, 5.41) is 42.6. The van der Waals surface area contributed by atoms with E-state index in [2.05, 4.69) is 5.32 Å². The molecule has 0 radical (unpaired) electrons. The van der Waals surface area contributed by atoms with Crippen molar-refractivity contribution in [3.8, 4) is 0 Å². The van der Waals surface area contributed by atoms with E-state index in [1.54, 1.807) is 24.3 Å². The van der Waals surface area contributed by atoms with Crippen molar-refractivity contribution in [1.82, 2.24) is 0 Å². The van der Waals surface area contributed by atoms with Crippen LogP contribution in [-0.2, 0) is 4.74 Å². The van der Waals surface area contributed by atoms with Gasteiger partial charge in [0.25, 0.3) is 0 Å². The van der Waals surface area contributed by atoms with Gasteiger partial charge in [-0.3, -0.25) is 0 Å². The quantitative estimate of drug-likeness (QED) is 0.316. The maximum atomic E-state index is 11.6. The summed E-state index contributed by atoms with van der Waals surface area (Å²) in [4.78, 5) is 11.6. The zero-order chi connectivity index (χ0) is 17.4. The summed E-state index contributed by atoms with van der Waals surface area (Å²) in [7, 11) is 0. The maximum Gasteiger partial charge on any atom is 0.349 e. The molecule has 2 unspecified atom stereocenters. The largest absolute Gasteiger partial charge is 0.422 e. The molecule has 0 saturated carbocycles. The van der Waals surface area contributed by atoms with Crippen molar-refractivity contribution in [2.24, 2.45) is 0 Å². The number of hydrogen-bond donors (Lipinski definition) is 5. The first-order valence-corrected chi connectivity index (χ1v) is 8.29. The molecule has 5 N–H and O–H groups in total. The van der Waals surface area contributed by atoms with E-state index in [0.29, 0.717) is 14.8 Å². The van der Waals surface area contributed by atoms with Crippen molar-refractivity contribution in [2.45, 2.75) is 30.6 Å². The molecular weight excluding hydrogens is 433 g/mol. The fourth-order valence-corrected chi connectivity index (χ4v) is 3.07. The van der Waals surface area contributed by atoms with E-state index in [-0.39, 0.29) is 0 Å². The van der Waals surface area contributed by atoms with Crippen molar-refractivity contribution >= 4 is 39.2 Å². The number of halogens is 1. The van der Waals surface area contributed by atoms with Gasteiger partial charge >= 0.3 is 5.63 Å². The Morgan fingerprint density at radius 3 is 2.62 bits per heavy atom. The lowest BCUT2D eigenvalue weighted by Gasteiger charge is -2.40. The molecule has 2 aromatic rings. The van der Waals surface area contributed by atoms with Gasteiger partial charge in [-0.2, -0.15) is 0 Å². The Bertz CT molecular complexity index is 795. The standard InChI is InChI=1S/C15H16INO7/c16-8-3-6-1-2-7(4-9(6)23-14(8)21)17-11-13(20)12(19)10(5-18)24-15(11)22/h1-4,10-13,15,17-20,22H,5H2/t10?,11?,12-,13-,15-/m1/s1. The Balaban J connectivity index is 1.86. The highest BCUT2D eigenvalue weighted by atomic mass is 127. The zero-order valence-corrected chi connectivity index (χ0v) is 14.5. The molecule has 24 heavy (non-hydrogen) atoms. The van der Waals surface area contributed by atoms with Gasteiger partial charge < -0.3 is 34.9 Å². The van der Waals surface area contributed by atoms with Crippen LogP contribution >= 0.6 is 22.6 Å². The van der Waals surface area contributed by atoms with Crippen LogP contribution < -0.4 is 10.9 Å². The number of ether oxygens (including phenoxy) is 1. The topological polar surface area (TPSA) is 132 Å². The van der Waals surface area contributed by atoms with Crippen molar-refractivity contribution in [3.05, 3.63) is 38.3 Å². The normalized spacial score (nSPS) is 30.5. The lowest BCUT2D eigenvalue weighted by Crippen LogP contribution is -2.61. The number of aliphatic hydroxyl groups is 4. The molecule has 1 aliphatic rings. The van der Waals surface area contributed by atoms with Crippen LogP contribution in [0.5, 0.6) is 0 Å². The van der Waals surface area contributed by atoms with Gasteiger partial charge in [0.2, 0.25) is 0 Å². The molecule has 0 aliphatic carbocycles. The predicted octanol–water partition coefficient (Wildman–Crippen LogP) is -0.391. The van der Waals surface area contributed by atoms with Crippen LogP contribution in [0.15, 0.2) is 33.5 Å². The van der Waals surface area contributed by atoms with Gasteiger partial charge in [0.15, 0.2) is 6.29 Å².